The molecule has 3 unspecified atom stereocenters. The lowest BCUT2D eigenvalue weighted by atomic mass is 10.0. The SMILES string of the molecule is CC1CCC(C(O)c2cnccc2N)O1. The summed E-state index contributed by atoms with van der Waals surface area (Å²) in [7, 11) is 0. The van der Waals surface area contributed by atoms with E-state index in [2.05, 4.69) is 4.98 Å². The molecule has 82 valence electrons. The number of nitrogens with zero attached hydrogens (tertiary/aromatic N) is 1. The smallest absolute Gasteiger partial charge is 0.109 e. The van der Waals surface area contributed by atoms with Crippen LogP contribution in [0.4, 0.5) is 5.69 Å². The fraction of sp³-hybridized carbons (Fsp3) is 0.545. The summed E-state index contributed by atoms with van der Waals surface area (Å²) in [6.45, 7) is 2.01. The molecule has 1 saturated heterocycles. The van der Waals surface area contributed by atoms with Crippen molar-refractivity contribution in [1.29, 1.82) is 0 Å². The highest BCUT2D eigenvalue weighted by atomic mass is 16.5. The molecule has 0 aromatic carbocycles. The predicted octanol–water partition coefficient (Wildman–Crippen LogP) is 1.26. The molecular formula is C11H16N2O2. The maximum Gasteiger partial charge on any atom is 0.109 e. The van der Waals surface area contributed by atoms with Gasteiger partial charge in [-0.25, -0.2) is 0 Å². The van der Waals surface area contributed by atoms with Crippen molar-refractivity contribution in [2.24, 2.45) is 0 Å². The zero-order valence-corrected chi connectivity index (χ0v) is 8.76. The number of aliphatic hydroxyl groups is 1. The van der Waals surface area contributed by atoms with E-state index in [1.807, 2.05) is 6.92 Å². The van der Waals surface area contributed by atoms with Crippen molar-refractivity contribution in [3.05, 3.63) is 24.0 Å². The van der Waals surface area contributed by atoms with Crippen molar-refractivity contribution in [2.45, 2.75) is 38.1 Å². The van der Waals surface area contributed by atoms with Crippen LogP contribution < -0.4 is 5.73 Å². The highest BCUT2D eigenvalue weighted by Gasteiger charge is 2.30. The number of anilines is 1. The summed E-state index contributed by atoms with van der Waals surface area (Å²) in [5.41, 5.74) is 7.00. The van der Waals surface area contributed by atoms with E-state index >= 15 is 0 Å². The average molecular weight is 208 g/mol. The van der Waals surface area contributed by atoms with Gasteiger partial charge < -0.3 is 15.6 Å². The fourth-order valence-corrected chi connectivity index (χ4v) is 1.93. The summed E-state index contributed by atoms with van der Waals surface area (Å²) >= 11 is 0. The van der Waals surface area contributed by atoms with Gasteiger partial charge >= 0.3 is 0 Å². The predicted molar refractivity (Wildman–Crippen MR) is 57.2 cm³/mol. The van der Waals surface area contributed by atoms with E-state index in [4.69, 9.17) is 10.5 Å². The third-order valence-corrected chi connectivity index (χ3v) is 2.82. The Morgan fingerprint density at radius 2 is 2.40 bits per heavy atom. The van der Waals surface area contributed by atoms with Crippen molar-refractivity contribution in [3.63, 3.8) is 0 Å². The first kappa shape index (κ1) is 10.4. The van der Waals surface area contributed by atoms with Crippen LogP contribution in [-0.2, 0) is 4.74 Å². The lowest BCUT2D eigenvalue weighted by Crippen LogP contribution is -2.19. The van der Waals surface area contributed by atoms with Crippen molar-refractivity contribution in [3.8, 4) is 0 Å². The van der Waals surface area contributed by atoms with Crippen molar-refractivity contribution >= 4 is 5.69 Å². The molecule has 2 rings (SSSR count). The number of nitrogen functional groups attached to an aromatic ring is 1. The monoisotopic (exact) mass is 208 g/mol. The second-order valence-electron chi connectivity index (χ2n) is 4.01. The van der Waals surface area contributed by atoms with Gasteiger partial charge in [-0.05, 0) is 25.8 Å². The number of nitrogens with two attached hydrogens (primary N) is 1. The summed E-state index contributed by atoms with van der Waals surface area (Å²) in [4.78, 5) is 3.96. The Kier molecular flexibility index (Phi) is 2.88. The molecular weight excluding hydrogens is 192 g/mol. The zero-order valence-electron chi connectivity index (χ0n) is 8.76. The van der Waals surface area contributed by atoms with Crippen LogP contribution in [0.5, 0.6) is 0 Å². The summed E-state index contributed by atoms with van der Waals surface area (Å²) in [6, 6.07) is 1.69. The van der Waals surface area contributed by atoms with Gasteiger partial charge in [-0.1, -0.05) is 0 Å². The van der Waals surface area contributed by atoms with Crippen LogP contribution in [-0.4, -0.2) is 22.3 Å². The first-order valence-corrected chi connectivity index (χ1v) is 5.21. The van der Waals surface area contributed by atoms with Gasteiger partial charge in [-0.2, -0.15) is 0 Å². The molecule has 4 heteroatoms. The van der Waals surface area contributed by atoms with Crippen LogP contribution in [0.2, 0.25) is 0 Å². The number of rotatable bonds is 2. The van der Waals surface area contributed by atoms with E-state index in [9.17, 15) is 5.11 Å². The molecule has 1 fully saturated rings. The Labute approximate surface area is 89.1 Å². The Bertz CT molecular complexity index is 343. The molecule has 1 aromatic rings. The van der Waals surface area contributed by atoms with Crippen LogP contribution in [0.3, 0.4) is 0 Å². The van der Waals surface area contributed by atoms with E-state index in [0.717, 1.165) is 12.8 Å². The largest absolute Gasteiger partial charge is 0.398 e. The first-order chi connectivity index (χ1) is 7.18. The van der Waals surface area contributed by atoms with Crippen molar-refractivity contribution < 1.29 is 9.84 Å². The highest BCUT2D eigenvalue weighted by Crippen LogP contribution is 2.31. The zero-order chi connectivity index (χ0) is 10.8. The molecule has 4 nitrogen and oxygen atoms in total. The molecule has 0 aliphatic carbocycles. The van der Waals surface area contributed by atoms with Crippen LogP contribution in [0.25, 0.3) is 0 Å². The fourth-order valence-electron chi connectivity index (χ4n) is 1.93. The topological polar surface area (TPSA) is 68.4 Å². The van der Waals surface area contributed by atoms with Crippen LogP contribution >= 0.6 is 0 Å². The molecule has 3 N–H and O–H groups in total. The third-order valence-electron chi connectivity index (χ3n) is 2.82. The molecule has 2 heterocycles. The molecule has 1 aliphatic heterocycles. The summed E-state index contributed by atoms with van der Waals surface area (Å²) in [5.74, 6) is 0. The molecule has 0 radical (unpaired) electrons. The molecule has 0 spiro atoms. The number of hydrogen-bond donors (Lipinski definition) is 2. The molecule has 0 amide bonds. The summed E-state index contributed by atoms with van der Waals surface area (Å²) in [5, 5.41) is 10.1. The molecule has 15 heavy (non-hydrogen) atoms. The van der Waals surface area contributed by atoms with E-state index < -0.39 is 6.10 Å². The minimum absolute atomic E-state index is 0.147. The van der Waals surface area contributed by atoms with Gasteiger partial charge in [0.1, 0.15) is 6.10 Å². The number of ether oxygens (including phenoxy) is 1. The molecule has 0 saturated carbocycles. The molecule has 1 aromatic heterocycles. The van der Waals surface area contributed by atoms with Crippen LogP contribution in [0.15, 0.2) is 18.5 Å². The minimum Gasteiger partial charge on any atom is -0.398 e. The van der Waals surface area contributed by atoms with Crippen LogP contribution in [0, 0.1) is 0 Å². The van der Waals surface area contributed by atoms with Crippen LogP contribution in [0.1, 0.15) is 31.4 Å². The van der Waals surface area contributed by atoms with Gasteiger partial charge in [0.25, 0.3) is 0 Å². The quantitative estimate of drug-likeness (QED) is 0.767. The lowest BCUT2D eigenvalue weighted by molar-refractivity contribution is -0.0295. The van der Waals surface area contributed by atoms with E-state index in [1.165, 1.54) is 0 Å². The van der Waals surface area contributed by atoms with E-state index in [1.54, 1.807) is 18.5 Å². The van der Waals surface area contributed by atoms with Gasteiger partial charge in [0.05, 0.1) is 12.2 Å². The second-order valence-corrected chi connectivity index (χ2v) is 4.01. The second kappa shape index (κ2) is 4.16. The number of aromatic nitrogens is 1. The van der Waals surface area contributed by atoms with Gasteiger partial charge in [-0.3, -0.25) is 4.98 Å². The molecule has 1 aliphatic rings. The number of aliphatic hydroxyl groups excluding tert-OH is 1. The van der Waals surface area contributed by atoms with Crippen molar-refractivity contribution in [1.82, 2.24) is 4.98 Å². The maximum absolute atomic E-state index is 10.1. The Morgan fingerprint density at radius 3 is 3.00 bits per heavy atom. The normalized spacial score (nSPS) is 27.9. The van der Waals surface area contributed by atoms with Gasteiger partial charge in [0.2, 0.25) is 0 Å². The standard InChI is InChI=1S/C11H16N2O2/c1-7-2-3-10(15-7)11(14)8-6-13-5-4-9(8)12/h4-7,10-11,14H,2-3H2,1H3,(H2,12,13). The maximum atomic E-state index is 10.1. The Balaban J connectivity index is 2.14. The van der Waals surface area contributed by atoms with Crippen molar-refractivity contribution in [2.75, 3.05) is 5.73 Å². The summed E-state index contributed by atoms with van der Waals surface area (Å²) in [6.07, 6.45) is 4.49. The van der Waals surface area contributed by atoms with Gasteiger partial charge in [-0.15, -0.1) is 0 Å². The third kappa shape index (κ3) is 2.11. The Hall–Kier alpha value is -1.13. The molecule has 0 bridgehead atoms. The van der Waals surface area contributed by atoms with Gasteiger partial charge in [0, 0.05) is 23.6 Å². The van der Waals surface area contributed by atoms with E-state index in [-0.39, 0.29) is 12.2 Å². The number of hydrogen-bond acceptors (Lipinski definition) is 4. The minimum atomic E-state index is -0.663. The first-order valence-electron chi connectivity index (χ1n) is 5.21. The number of pyridine rings is 1. The van der Waals surface area contributed by atoms with Gasteiger partial charge in [0.15, 0.2) is 0 Å². The highest BCUT2D eigenvalue weighted by molar-refractivity contribution is 5.46. The summed E-state index contributed by atoms with van der Waals surface area (Å²) < 4.78 is 5.60. The van der Waals surface area contributed by atoms with E-state index in [0.29, 0.717) is 11.3 Å². The lowest BCUT2D eigenvalue weighted by Gasteiger charge is -2.19. The average Bonchev–Trinajstić information content (AvgIpc) is 2.65. The molecule has 3 atom stereocenters. The Morgan fingerprint density at radius 1 is 1.60 bits per heavy atom.